The summed E-state index contributed by atoms with van der Waals surface area (Å²) >= 11 is 0. The molecule has 0 fully saturated rings. The molecule has 0 spiro atoms. The second-order valence-electron chi connectivity index (χ2n) is 11.0. The molecule has 1 heterocycles. The van der Waals surface area contributed by atoms with Crippen molar-refractivity contribution in [1.82, 2.24) is 9.47 Å². The molecule has 0 bridgehead atoms. The molecule has 0 aliphatic rings. The van der Waals surface area contributed by atoms with E-state index in [0.29, 0.717) is 18.7 Å². The second-order valence-corrected chi connectivity index (χ2v) is 12.6. The molecule has 0 radical (unpaired) electrons. The van der Waals surface area contributed by atoms with Gasteiger partial charge >= 0.3 is 12.1 Å². The van der Waals surface area contributed by atoms with Crippen molar-refractivity contribution in [2.45, 2.75) is 76.9 Å². The quantitative estimate of drug-likeness (QED) is 0.119. The van der Waals surface area contributed by atoms with Crippen LogP contribution in [0.3, 0.4) is 0 Å². The molecular weight excluding hydrogens is 575 g/mol. The maximum Gasteiger partial charge on any atom is 0.453 e. The third kappa shape index (κ3) is 9.42. The molecule has 5 nitrogen and oxygen atoms in total. The van der Waals surface area contributed by atoms with Crippen molar-refractivity contribution < 1.29 is 36.4 Å². The fraction of sp³-hybridized carbons (Fsp3) is 0.548. The average molecular weight is 617 g/mol. The van der Waals surface area contributed by atoms with E-state index in [2.05, 4.69) is 16.4 Å². The summed E-state index contributed by atoms with van der Waals surface area (Å²) in [5.41, 5.74) is 4.24. The number of unbranched alkanes of at least 4 members (excludes halogenated alkanes) is 4. The first-order valence-electron chi connectivity index (χ1n) is 14.4. The normalized spacial score (nSPS) is 13.3. The Morgan fingerprint density at radius 3 is 2.10 bits per heavy atom. The van der Waals surface area contributed by atoms with Crippen LogP contribution in [0, 0.1) is 6.92 Å². The Hall–Kier alpha value is -2.66. The van der Waals surface area contributed by atoms with E-state index in [4.69, 9.17) is 0 Å². The van der Waals surface area contributed by atoms with Gasteiger partial charge in [0.2, 0.25) is 0 Å². The Bertz CT molecular complexity index is 1310. The lowest BCUT2D eigenvalue weighted by Crippen LogP contribution is -2.36. The van der Waals surface area contributed by atoms with Crippen molar-refractivity contribution >= 4 is 21.7 Å². The van der Waals surface area contributed by atoms with E-state index >= 15 is 0 Å². The maximum absolute atomic E-state index is 12.9. The zero-order chi connectivity index (χ0) is 30.9. The van der Waals surface area contributed by atoms with Gasteiger partial charge in [0.05, 0.1) is 5.69 Å². The molecule has 0 amide bonds. The summed E-state index contributed by atoms with van der Waals surface area (Å²) in [6.45, 7) is 4.45. The second kappa shape index (κ2) is 15.2. The van der Waals surface area contributed by atoms with Crippen molar-refractivity contribution in [2.24, 2.45) is 0 Å². The summed E-state index contributed by atoms with van der Waals surface area (Å²) in [7, 11) is 0.565. The molecule has 1 aromatic heterocycles. The Morgan fingerprint density at radius 1 is 0.810 bits per heavy atom. The van der Waals surface area contributed by atoms with E-state index in [0.717, 1.165) is 72.9 Å². The number of aromatic nitrogens is 1. The van der Waals surface area contributed by atoms with E-state index in [1.165, 1.54) is 0 Å². The predicted molar refractivity (Wildman–Crippen MR) is 159 cm³/mol. The molecule has 234 valence electrons. The fourth-order valence-electron chi connectivity index (χ4n) is 5.22. The van der Waals surface area contributed by atoms with E-state index in [1.54, 1.807) is 24.3 Å². The number of halogens is 5. The highest BCUT2D eigenvalue weighted by Crippen LogP contribution is 2.39. The Balaban J connectivity index is 1.35. The molecule has 2 N–H and O–H groups in total. The number of phenols is 2. The van der Waals surface area contributed by atoms with Crippen LogP contribution in [0.25, 0.3) is 22.2 Å². The van der Waals surface area contributed by atoms with Crippen LogP contribution in [0.1, 0.15) is 56.9 Å². The van der Waals surface area contributed by atoms with Gasteiger partial charge in [-0.15, -0.1) is 0 Å². The molecule has 42 heavy (non-hydrogen) atoms. The topological polar surface area (TPSA) is 65.7 Å². The lowest BCUT2D eigenvalue weighted by atomic mass is 10.1. The van der Waals surface area contributed by atoms with Crippen molar-refractivity contribution in [1.29, 1.82) is 0 Å². The smallest absolute Gasteiger partial charge is 0.453 e. The first-order valence-corrected chi connectivity index (χ1v) is 15.9. The highest BCUT2D eigenvalue weighted by molar-refractivity contribution is 7.84. The van der Waals surface area contributed by atoms with E-state index < -0.39 is 35.7 Å². The Labute approximate surface area is 246 Å². The van der Waals surface area contributed by atoms with Crippen LogP contribution in [0.2, 0.25) is 0 Å². The molecule has 3 rings (SSSR count). The van der Waals surface area contributed by atoms with Gasteiger partial charge in [0.25, 0.3) is 0 Å². The highest BCUT2D eigenvalue weighted by Gasteiger charge is 2.56. The number of rotatable bonds is 17. The number of benzene rings is 2. The number of hydrogen-bond donors (Lipinski definition) is 2. The number of phenolic OH excluding ortho intramolecular Hbond substituents is 2. The largest absolute Gasteiger partial charge is 0.508 e. The van der Waals surface area contributed by atoms with Crippen LogP contribution in [-0.4, -0.2) is 67.6 Å². The lowest BCUT2D eigenvalue weighted by molar-refractivity contribution is -0.284. The Morgan fingerprint density at radius 2 is 1.40 bits per heavy atom. The first kappa shape index (κ1) is 33.8. The zero-order valence-electron chi connectivity index (χ0n) is 24.2. The number of aryl methyl sites for hydroxylation is 2. The van der Waals surface area contributed by atoms with Crippen LogP contribution in [0.4, 0.5) is 22.0 Å². The first-order chi connectivity index (χ1) is 19.8. The van der Waals surface area contributed by atoms with E-state index in [9.17, 15) is 36.4 Å². The van der Waals surface area contributed by atoms with E-state index in [-0.39, 0.29) is 17.3 Å². The van der Waals surface area contributed by atoms with Crippen molar-refractivity contribution in [3.05, 3.63) is 48.0 Å². The van der Waals surface area contributed by atoms with Gasteiger partial charge in [-0.3, -0.25) is 4.21 Å². The van der Waals surface area contributed by atoms with Crippen LogP contribution in [0.15, 0.2) is 42.5 Å². The monoisotopic (exact) mass is 616 g/mol. The molecule has 0 saturated heterocycles. The summed E-state index contributed by atoms with van der Waals surface area (Å²) < 4.78 is 76.8. The minimum Gasteiger partial charge on any atom is -0.508 e. The van der Waals surface area contributed by atoms with Gasteiger partial charge in [0, 0.05) is 46.2 Å². The summed E-state index contributed by atoms with van der Waals surface area (Å²) in [5, 5.41) is 20.8. The number of fused-ring (bicyclic) bond motifs is 1. The summed E-state index contributed by atoms with van der Waals surface area (Å²) in [4.78, 5) is 2.13. The van der Waals surface area contributed by atoms with Crippen LogP contribution in [-0.2, 0) is 17.3 Å². The minimum atomic E-state index is -5.56. The van der Waals surface area contributed by atoms with Crippen LogP contribution < -0.4 is 0 Å². The van der Waals surface area contributed by atoms with Gasteiger partial charge in [-0.2, -0.15) is 22.0 Å². The summed E-state index contributed by atoms with van der Waals surface area (Å²) in [6.07, 6.45) is -1.50. The highest BCUT2D eigenvalue weighted by atomic mass is 32.2. The van der Waals surface area contributed by atoms with Crippen LogP contribution >= 0.6 is 0 Å². The maximum atomic E-state index is 12.9. The number of nitrogens with zero attached hydrogens (tertiary/aromatic N) is 2. The summed E-state index contributed by atoms with van der Waals surface area (Å²) in [6, 6.07) is 12.6. The third-order valence-corrected chi connectivity index (χ3v) is 9.04. The van der Waals surface area contributed by atoms with Crippen molar-refractivity contribution in [3.8, 4) is 22.8 Å². The molecule has 0 saturated carbocycles. The Kier molecular flexibility index (Phi) is 12.2. The van der Waals surface area contributed by atoms with Gasteiger partial charge < -0.3 is 19.7 Å². The van der Waals surface area contributed by atoms with Crippen molar-refractivity contribution in [2.75, 3.05) is 31.6 Å². The SMILES string of the molecule is Cc1c(-c2ccc(O)cc2)n(CCCCCCCN(C)CCCS(=O)CCCC(F)(F)C(F)(F)F)c2ccc(O)cc12. The zero-order valence-corrected chi connectivity index (χ0v) is 25.0. The molecule has 0 aliphatic carbocycles. The van der Waals surface area contributed by atoms with Crippen molar-refractivity contribution in [3.63, 3.8) is 0 Å². The molecule has 11 heteroatoms. The molecule has 2 aromatic carbocycles. The van der Waals surface area contributed by atoms with Gasteiger partial charge in [-0.25, -0.2) is 0 Å². The molecular formula is C31H41F5N2O3S. The average Bonchev–Trinajstić information content (AvgIpc) is 3.18. The van der Waals surface area contributed by atoms with E-state index in [1.807, 2.05) is 25.2 Å². The molecule has 3 aromatic rings. The standard InChI is InChI=1S/C31H41F5N2O3S/c1-23-27-22-26(40)14-15-28(27)38(29(23)24-10-12-25(39)13-11-24)19-7-5-3-4-6-17-37(2)18-9-21-42(41)20-8-16-30(32,33)31(34,35)36/h10-15,22,39-40H,3-9,16-21H2,1-2H3. The number of alkyl halides is 5. The summed E-state index contributed by atoms with van der Waals surface area (Å²) in [5.74, 6) is -4.14. The van der Waals surface area contributed by atoms with Gasteiger partial charge in [0.15, 0.2) is 0 Å². The predicted octanol–water partition coefficient (Wildman–Crippen LogP) is 8.03. The lowest BCUT2D eigenvalue weighted by Gasteiger charge is -2.19. The van der Waals surface area contributed by atoms with Gasteiger partial charge in [-0.1, -0.05) is 19.3 Å². The molecule has 1 atom stereocenters. The van der Waals surface area contributed by atoms with Gasteiger partial charge in [0.1, 0.15) is 11.5 Å². The number of aromatic hydroxyl groups is 2. The molecule has 0 aliphatic heterocycles. The number of hydrogen-bond acceptors (Lipinski definition) is 4. The third-order valence-electron chi connectivity index (χ3n) is 7.55. The minimum absolute atomic E-state index is 0.146. The fourth-order valence-corrected chi connectivity index (χ4v) is 6.34. The van der Waals surface area contributed by atoms with Crippen LogP contribution in [0.5, 0.6) is 11.5 Å². The van der Waals surface area contributed by atoms with Gasteiger partial charge in [-0.05, 0) is 106 Å². The molecule has 1 unspecified atom stereocenters.